The van der Waals surface area contributed by atoms with Gasteiger partial charge in [0.2, 0.25) is 0 Å². The predicted octanol–water partition coefficient (Wildman–Crippen LogP) is 2.07. The van der Waals surface area contributed by atoms with E-state index in [-0.39, 0.29) is 0 Å². The van der Waals surface area contributed by atoms with E-state index in [9.17, 15) is 0 Å². The van der Waals surface area contributed by atoms with Crippen LogP contribution < -0.4 is 15.2 Å². The highest BCUT2D eigenvalue weighted by atomic mass is 16.5. The van der Waals surface area contributed by atoms with Crippen LogP contribution in [-0.2, 0) is 0 Å². The zero-order valence-corrected chi connectivity index (χ0v) is 9.25. The highest BCUT2D eigenvalue weighted by Crippen LogP contribution is 2.35. The van der Waals surface area contributed by atoms with Gasteiger partial charge in [-0.25, -0.2) is 0 Å². The Labute approximate surface area is 90.5 Å². The number of hydrogen-bond donors (Lipinski definition) is 1. The molecule has 0 unspecified atom stereocenters. The molecule has 0 aliphatic carbocycles. The molecule has 0 aliphatic rings. The molecule has 0 aliphatic heterocycles. The standard InChI is InChI=1S/C12H17NO2/c1-9(7-8-13)10-5-4-6-11(14-2)12(10)15-3/h4-6H,1,7-8,13H2,2-3H3. The second kappa shape index (κ2) is 5.41. The summed E-state index contributed by atoms with van der Waals surface area (Å²) in [6, 6.07) is 5.73. The van der Waals surface area contributed by atoms with E-state index in [0.29, 0.717) is 12.3 Å². The van der Waals surface area contributed by atoms with Gasteiger partial charge >= 0.3 is 0 Å². The van der Waals surface area contributed by atoms with Crippen molar-refractivity contribution in [3.8, 4) is 11.5 Å². The Bertz CT molecular complexity index is 347. The van der Waals surface area contributed by atoms with Gasteiger partial charge < -0.3 is 15.2 Å². The molecule has 1 aromatic carbocycles. The van der Waals surface area contributed by atoms with Crippen molar-refractivity contribution < 1.29 is 9.47 Å². The number of methoxy groups -OCH3 is 2. The summed E-state index contributed by atoms with van der Waals surface area (Å²) in [6.07, 6.45) is 0.753. The molecule has 1 rings (SSSR count). The molecule has 0 fully saturated rings. The summed E-state index contributed by atoms with van der Waals surface area (Å²) in [5.41, 5.74) is 7.42. The fraction of sp³-hybridized carbons (Fsp3) is 0.333. The van der Waals surface area contributed by atoms with E-state index < -0.39 is 0 Å². The van der Waals surface area contributed by atoms with Crippen molar-refractivity contribution in [1.29, 1.82) is 0 Å². The summed E-state index contributed by atoms with van der Waals surface area (Å²) in [5.74, 6) is 1.44. The molecule has 3 nitrogen and oxygen atoms in total. The van der Waals surface area contributed by atoms with E-state index >= 15 is 0 Å². The minimum atomic E-state index is 0.583. The number of hydrogen-bond acceptors (Lipinski definition) is 3. The number of benzene rings is 1. The Kier molecular flexibility index (Phi) is 4.18. The fourth-order valence-electron chi connectivity index (χ4n) is 1.47. The number of para-hydroxylation sites is 1. The van der Waals surface area contributed by atoms with E-state index in [1.54, 1.807) is 14.2 Å². The van der Waals surface area contributed by atoms with Crippen LogP contribution in [0.25, 0.3) is 5.57 Å². The first kappa shape index (κ1) is 11.6. The lowest BCUT2D eigenvalue weighted by Gasteiger charge is -2.13. The lowest BCUT2D eigenvalue weighted by molar-refractivity contribution is 0.354. The molecule has 0 heterocycles. The average molecular weight is 207 g/mol. The van der Waals surface area contributed by atoms with Gasteiger partial charge in [-0.05, 0) is 24.6 Å². The monoisotopic (exact) mass is 207 g/mol. The summed E-state index contributed by atoms with van der Waals surface area (Å²) >= 11 is 0. The molecule has 3 heteroatoms. The van der Waals surface area contributed by atoms with Crippen LogP contribution >= 0.6 is 0 Å². The van der Waals surface area contributed by atoms with Crippen LogP contribution in [0.1, 0.15) is 12.0 Å². The van der Waals surface area contributed by atoms with Crippen molar-refractivity contribution in [1.82, 2.24) is 0 Å². The Hall–Kier alpha value is -1.48. The summed E-state index contributed by atoms with van der Waals surface area (Å²) in [6.45, 7) is 4.57. The largest absolute Gasteiger partial charge is 0.493 e. The van der Waals surface area contributed by atoms with Crippen LogP contribution in [0, 0.1) is 0 Å². The highest BCUT2D eigenvalue weighted by molar-refractivity contribution is 5.71. The van der Waals surface area contributed by atoms with E-state index in [0.717, 1.165) is 23.3 Å². The minimum Gasteiger partial charge on any atom is -0.493 e. The average Bonchev–Trinajstić information content (AvgIpc) is 2.28. The van der Waals surface area contributed by atoms with Crippen molar-refractivity contribution in [3.63, 3.8) is 0 Å². The van der Waals surface area contributed by atoms with Crippen LogP contribution in [0.4, 0.5) is 0 Å². The lowest BCUT2D eigenvalue weighted by atomic mass is 10.0. The normalized spacial score (nSPS) is 9.80. The summed E-state index contributed by atoms with van der Waals surface area (Å²) < 4.78 is 10.5. The van der Waals surface area contributed by atoms with Gasteiger partial charge in [0.25, 0.3) is 0 Å². The van der Waals surface area contributed by atoms with Crippen molar-refractivity contribution >= 4 is 5.57 Å². The molecule has 0 amide bonds. The minimum absolute atomic E-state index is 0.583. The maximum atomic E-state index is 5.50. The van der Waals surface area contributed by atoms with Gasteiger partial charge in [-0.1, -0.05) is 18.7 Å². The Balaban J connectivity index is 3.11. The molecule has 0 atom stereocenters. The molecule has 0 aromatic heterocycles. The number of rotatable bonds is 5. The second-order valence-corrected chi connectivity index (χ2v) is 3.18. The summed E-state index contributed by atoms with van der Waals surface area (Å²) in [4.78, 5) is 0. The van der Waals surface area contributed by atoms with Crippen LogP contribution in [0.5, 0.6) is 11.5 Å². The van der Waals surface area contributed by atoms with Gasteiger partial charge in [0.1, 0.15) is 0 Å². The van der Waals surface area contributed by atoms with Gasteiger partial charge in [0.15, 0.2) is 11.5 Å². The zero-order chi connectivity index (χ0) is 11.3. The molecular weight excluding hydrogens is 190 g/mol. The molecule has 82 valence electrons. The van der Waals surface area contributed by atoms with Crippen LogP contribution in [0.15, 0.2) is 24.8 Å². The third-order valence-electron chi connectivity index (χ3n) is 2.23. The topological polar surface area (TPSA) is 44.5 Å². The van der Waals surface area contributed by atoms with Crippen molar-refractivity contribution in [2.75, 3.05) is 20.8 Å². The van der Waals surface area contributed by atoms with E-state index in [1.807, 2.05) is 18.2 Å². The Morgan fingerprint density at radius 3 is 2.60 bits per heavy atom. The maximum absolute atomic E-state index is 5.50. The van der Waals surface area contributed by atoms with Crippen LogP contribution in [-0.4, -0.2) is 20.8 Å². The number of nitrogens with two attached hydrogens (primary N) is 1. The SMILES string of the molecule is C=C(CCN)c1cccc(OC)c1OC. The van der Waals surface area contributed by atoms with Crippen molar-refractivity contribution in [3.05, 3.63) is 30.3 Å². The van der Waals surface area contributed by atoms with Gasteiger partial charge in [0, 0.05) is 5.56 Å². The first-order valence-electron chi connectivity index (χ1n) is 4.83. The van der Waals surface area contributed by atoms with Crippen molar-refractivity contribution in [2.45, 2.75) is 6.42 Å². The van der Waals surface area contributed by atoms with Crippen molar-refractivity contribution in [2.24, 2.45) is 5.73 Å². The fourth-order valence-corrected chi connectivity index (χ4v) is 1.47. The van der Waals surface area contributed by atoms with Gasteiger partial charge in [-0.3, -0.25) is 0 Å². The second-order valence-electron chi connectivity index (χ2n) is 3.18. The first-order valence-corrected chi connectivity index (χ1v) is 4.83. The predicted molar refractivity (Wildman–Crippen MR) is 62.3 cm³/mol. The quantitative estimate of drug-likeness (QED) is 0.803. The van der Waals surface area contributed by atoms with Crippen LogP contribution in [0.3, 0.4) is 0 Å². The molecule has 2 N–H and O–H groups in total. The third-order valence-corrected chi connectivity index (χ3v) is 2.23. The summed E-state index contributed by atoms with van der Waals surface area (Å²) in [5, 5.41) is 0. The third kappa shape index (κ3) is 2.50. The maximum Gasteiger partial charge on any atom is 0.168 e. The smallest absolute Gasteiger partial charge is 0.168 e. The van der Waals surface area contributed by atoms with E-state index in [4.69, 9.17) is 15.2 Å². The molecule has 0 bridgehead atoms. The highest BCUT2D eigenvalue weighted by Gasteiger charge is 2.10. The van der Waals surface area contributed by atoms with Crippen LogP contribution in [0.2, 0.25) is 0 Å². The molecule has 0 saturated heterocycles. The molecule has 0 spiro atoms. The van der Waals surface area contributed by atoms with E-state index in [1.165, 1.54) is 0 Å². The first-order chi connectivity index (χ1) is 7.24. The molecule has 0 saturated carbocycles. The zero-order valence-electron chi connectivity index (χ0n) is 9.25. The molecular formula is C12H17NO2. The molecule has 0 radical (unpaired) electrons. The van der Waals surface area contributed by atoms with Gasteiger partial charge in [0.05, 0.1) is 14.2 Å². The number of ether oxygens (including phenoxy) is 2. The summed E-state index contributed by atoms with van der Waals surface area (Å²) in [7, 11) is 3.24. The van der Waals surface area contributed by atoms with Gasteiger partial charge in [-0.15, -0.1) is 0 Å². The molecule has 15 heavy (non-hydrogen) atoms. The lowest BCUT2D eigenvalue weighted by Crippen LogP contribution is -2.01. The Morgan fingerprint density at radius 2 is 2.07 bits per heavy atom. The van der Waals surface area contributed by atoms with Gasteiger partial charge in [-0.2, -0.15) is 0 Å². The van der Waals surface area contributed by atoms with E-state index in [2.05, 4.69) is 6.58 Å². The Morgan fingerprint density at radius 1 is 1.33 bits per heavy atom. The molecule has 1 aromatic rings.